The lowest BCUT2D eigenvalue weighted by atomic mass is 10.2. The van der Waals surface area contributed by atoms with Crippen molar-refractivity contribution in [3.63, 3.8) is 0 Å². The van der Waals surface area contributed by atoms with E-state index in [-0.39, 0.29) is 0 Å². The average molecular weight is 299 g/mol. The summed E-state index contributed by atoms with van der Waals surface area (Å²) in [6, 6.07) is 15.4. The molecule has 0 aliphatic heterocycles. The van der Waals surface area contributed by atoms with Crippen LogP contribution in [0.25, 0.3) is 10.9 Å². The van der Waals surface area contributed by atoms with Crippen molar-refractivity contribution in [3.8, 4) is 5.75 Å². The van der Waals surface area contributed by atoms with Crippen molar-refractivity contribution in [2.45, 2.75) is 0 Å². The zero-order valence-corrected chi connectivity index (χ0v) is 11.7. The van der Waals surface area contributed by atoms with Crippen molar-refractivity contribution in [1.82, 2.24) is 4.98 Å². The first-order valence-corrected chi connectivity index (χ1v) is 6.64. The van der Waals surface area contributed by atoms with E-state index < -0.39 is 5.97 Å². The molecule has 0 aliphatic rings. The number of esters is 1. The van der Waals surface area contributed by atoms with Crippen molar-refractivity contribution >= 4 is 34.3 Å². The van der Waals surface area contributed by atoms with Crippen LogP contribution in [0.15, 0.2) is 54.6 Å². The Morgan fingerprint density at radius 2 is 1.81 bits per heavy atom. The average Bonchev–Trinajstić information content (AvgIpc) is 2.48. The van der Waals surface area contributed by atoms with E-state index in [0.29, 0.717) is 27.7 Å². The predicted octanol–water partition coefficient (Wildman–Crippen LogP) is 3.69. The van der Waals surface area contributed by atoms with Gasteiger partial charge in [0.05, 0.1) is 5.56 Å². The van der Waals surface area contributed by atoms with Crippen LogP contribution < -0.4 is 10.5 Å². The number of fused-ring (bicyclic) bond motifs is 1. The lowest BCUT2D eigenvalue weighted by molar-refractivity contribution is 0.0737. The summed E-state index contributed by atoms with van der Waals surface area (Å²) in [7, 11) is 0. The first kappa shape index (κ1) is 13.4. The van der Waals surface area contributed by atoms with Crippen LogP contribution in [0.4, 0.5) is 5.82 Å². The monoisotopic (exact) mass is 298 g/mol. The molecule has 0 spiro atoms. The Bertz CT molecular complexity index is 816. The summed E-state index contributed by atoms with van der Waals surface area (Å²) in [5, 5.41) is 1.41. The normalized spacial score (nSPS) is 10.5. The number of hydrogen-bond acceptors (Lipinski definition) is 4. The van der Waals surface area contributed by atoms with Crippen LogP contribution in [0.3, 0.4) is 0 Å². The highest BCUT2D eigenvalue weighted by molar-refractivity contribution is 6.30. The third-order valence-corrected chi connectivity index (χ3v) is 3.24. The number of hydrogen-bond donors (Lipinski definition) is 1. The number of nitrogens with zero attached hydrogens (tertiary/aromatic N) is 1. The molecule has 5 heteroatoms. The van der Waals surface area contributed by atoms with Gasteiger partial charge in [-0.25, -0.2) is 9.78 Å². The van der Waals surface area contributed by atoms with Gasteiger partial charge in [-0.15, -0.1) is 0 Å². The maximum Gasteiger partial charge on any atom is 0.343 e. The number of pyridine rings is 1. The van der Waals surface area contributed by atoms with Crippen LogP contribution in [0.2, 0.25) is 5.02 Å². The molecule has 0 saturated heterocycles. The fourth-order valence-electron chi connectivity index (χ4n) is 1.96. The summed E-state index contributed by atoms with van der Waals surface area (Å²) < 4.78 is 5.41. The summed E-state index contributed by atoms with van der Waals surface area (Å²) >= 11 is 5.80. The number of carbonyl (C=O) groups excluding carboxylic acids is 1. The number of nitrogen functional groups attached to an aromatic ring is 1. The van der Waals surface area contributed by atoms with Crippen LogP contribution in [0.1, 0.15) is 10.4 Å². The third kappa shape index (κ3) is 2.80. The predicted molar refractivity (Wildman–Crippen MR) is 82.6 cm³/mol. The minimum Gasteiger partial charge on any atom is -0.421 e. The Morgan fingerprint density at radius 3 is 2.57 bits per heavy atom. The second-order valence-corrected chi connectivity index (χ2v) is 4.90. The Labute approximate surface area is 126 Å². The van der Waals surface area contributed by atoms with Gasteiger partial charge in [0, 0.05) is 10.4 Å². The Balaban J connectivity index is 1.96. The van der Waals surface area contributed by atoms with Crippen molar-refractivity contribution in [2.75, 3.05) is 5.73 Å². The van der Waals surface area contributed by atoms with Crippen molar-refractivity contribution in [1.29, 1.82) is 0 Å². The highest BCUT2D eigenvalue weighted by atomic mass is 35.5. The zero-order valence-electron chi connectivity index (χ0n) is 10.9. The second-order valence-electron chi connectivity index (χ2n) is 4.46. The molecule has 1 aromatic heterocycles. The number of benzene rings is 2. The van der Waals surface area contributed by atoms with E-state index in [0.717, 1.165) is 5.39 Å². The number of para-hydroxylation sites is 1. The van der Waals surface area contributed by atoms with E-state index in [1.807, 2.05) is 12.1 Å². The zero-order chi connectivity index (χ0) is 14.8. The highest BCUT2D eigenvalue weighted by Gasteiger charge is 2.11. The smallest absolute Gasteiger partial charge is 0.343 e. The minimum absolute atomic E-state index is 0.373. The molecule has 0 bridgehead atoms. The van der Waals surface area contributed by atoms with E-state index in [9.17, 15) is 4.79 Å². The van der Waals surface area contributed by atoms with Gasteiger partial charge in [-0.1, -0.05) is 23.7 Å². The van der Waals surface area contributed by atoms with Gasteiger partial charge < -0.3 is 10.5 Å². The largest absolute Gasteiger partial charge is 0.421 e. The number of nitrogens with two attached hydrogens (primary N) is 1. The van der Waals surface area contributed by atoms with Crippen LogP contribution in [0, 0.1) is 0 Å². The number of ether oxygens (including phenoxy) is 1. The molecule has 2 aromatic carbocycles. The number of carbonyl (C=O) groups is 1. The molecule has 3 rings (SSSR count). The molecule has 1 heterocycles. The molecule has 0 unspecified atom stereocenters. The molecule has 2 N–H and O–H groups in total. The maximum absolute atomic E-state index is 12.1. The highest BCUT2D eigenvalue weighted by Crippen LogP contribution is 2.25. The number of aromatic nitrogens is 1. The molecular weight excluding hydrogens is 288 g/mol. The maximum atomic E-state index is 12.1. The van der Waals surface area contributed by atoms with Gasteiger partial charge in [-0.05, 0) is 42.5 Å². The van der Waals surface area contributed by atoms with Crippen molar-refractivity contribution in [2.24, 2.45) is 0 Å². The van der Waals surface area contributed by atoms with E-state index in [1.165, 1.54) is 0 Å². The first-order chi connectivity index (χ1) is 10.1. The molecule has 3 aromatic rings. The SMILES string of the molecule is Nc1ccc2cccc(OC(=O)c3ccc(Cl)cc3)c2n1. The molecule has 4 nitrogen and oxygen atoms in total. The van der Waals surface area contributed by atoms with Crippen molar-refractivity contribution < 1.29 is 9.53 Å². The number of anilines is 1. The quantitative estimate of drug-likeness (QED) is 0.579. The fraction of sp³-hybridized carbons (Fsp3) is 0. The van der Waals surface area contributed by atoms with Crippen molar-refractivity contribution in [3.05, 3.63) is 65.2 Å². The molecule has 0 fully saturated rings. The molecule has 104 valence electrons. The van der Waals surface area contributed by atoms with E-state index in [2.05, 4.69) is 4.98 Å². The van der Waals surface area contributed by atoms with E-state index in [4.69, 9.17) is 22.1 Å². The Morgan fingerprint density at radius 1 is 1.05 bits per heavy atom. The summed E-state index contributed by atoms with van der Waals surface area (Å²) in [5.74, 6) is 0.278. The molecule has 0 atom stereocenters. The van der Waals surface area contributed by atoms with E-state index >= 15 is 0 Å². The Hall–Kier alpha value is -2.59. The molecule has 0 saturated carbocycles. The number of rotatable bonds is 2. The van der Waals surface area contributed by atoms with Gasteiger partial charge in [0.25, 0.3) is 0 Å². The summed E-state index contributed by atoms with van der Waals surface area (Å²) in [5.41, 5.74) is 6.66. The number of halogens is 1. The molecular formula is C16H11ClN2O2. The lowest BCUT2D eigenvalue weighted by Crippen LogP contribution is -2.09. The first-order valence-electron chi connectivity index (χ1n) is 6.26. The van der Waals surface area contributed by atoms with Gasteiger partial charge in [-0.3, -0.25) is 0 Å². The third-order valence-electron chi connectivity index (χ3n) is 2.99. The van der Waals surface area contributed by atoms with Crippen LogP contribution in [-0.2, 0) is 0 Å². The molecule has 0 amide bonds. The molecule has 0 radical (unpaired) electrons. The second kappa shape index (κ2) is 5.42. The summed E-state index contributed by atoms with van der Waals surface area (Å²) in [4.78, 5) is 16.3. The minimum atomic E-state index is -0.469. The van der Waals surface area contributed by atoms with Crippen LogP contribution >= 0.6 is 11.6 Å². The standard InChI is InChI=1S/C16H11ClN2O2/c17-12-7-4-11(5-8-12)16(20)21-13-3-1-2-10-6-9-14(18)19-15(10)13/h1-9H,(H2,18,19). The Kier molecular flexibility index (Phi) is 3.46. The van der Waals surface area contributed by atoms with Gasteiger partial charge >= 0.3 is 5.97 Å². The lowest BCUT2D eigenvalue weighted by Gasteiger charge is -2.07. The molecule has 0 aliphatic carbocycles. The summed E-state index contributed by atoms with van der Waals surface area (Å²) in [6.45, 7) is 0. The topological polar surface area (TPSA) is 65.2 Å². The summed E-state index contributed by atoms with van der Waals surface area (Å²) in [6.07, 6.45) is 0. The van der Waals surface area contributed by atoms with Gasteiger partial charge in [-0.2, -0.15) is 0 Å². The van der Waals surface area contributed by atoms with Gasteiger partial charge in [0.1, 0.15) is 11.3 Å². The van der Waals surface area contributed by atoms with E-state index in [1.54, 1.807) is 42.5 Å². The fourth-order valence-corrected chi connectivity index (χ4v) is 2.09. The van der Waals surface area contributed by atoms with Gasteiger partial charge in [0.15, 0.2) is 5.75 Å². The van der Waals surface area contributed by atoms with Crippen LogP contribution in [0.5, 0.6) is 5.75 Å². The van der Waals surface area contributed by atoms with Crippen LogP contribution in [-0.4, -0.2) is 11.0 Å². The van der Waals surface area contributed by atoms with Gasteiger partial charge in [0.2, 0.25) is 0 Å². The molecule has 21 heavy (non-hydrogen) atoms.